The van der Waals surface area contributed by atoms with Crippen molar-refractivity contribution in [2.24, 2.45) is 0 Å². The number of hydrogen-bond donors (Lipinski definition) is 2. The van der Waals surface area contributed by atoms with Crippen molar-refractivity contribution in [3.05, 3.63) is 12.3 Å². The van der Waals surface area contributed by atoms with Crippen LogP contribution in [-0.2, 0) is 15.5 Å². The second-order valence-electron chi connectivity index (χ2n) is 1.05. The minimum atomic E-state index is -2.31. The Kier molecular flexibility index (Phi) is 3.42. The molecule has 5 heteroatoms. The van der Waals surface area contributed by atoms with Crippen LogP contribution in [0, 0.1) is 0 Å². The first-order valence-corrected chi connectivity index (χ1v) is 2.77. The Labute approximate surface area is 49.3 Å². The van der Waals surface area contributed by atoms with Gasteiger partial charge in [0.15, 0.2) is 0 Å². The summed E-state index contributed by atoms with van der Waals surface area (Å²) in [6.45, 7) is 2.71. The highest BCUT2D eigenvalue weighted by Crippen LogP contribution is 1.85. The molecule has 0 fully saturated rings. The van der Waals surface area contributed by atoms with E-state index in [0.29, 0.717) is 0 Å². The van der Waals surface area contributed by atoms with Gasteiger partial charge in [0.05, 0.1) is 0 Å². The quantitative estimate of drug-likeness (QED) is 0.432. The lowest BCUT2D eigenvalue weighted by molar-refractivity contribution is 0.269. The summed E-state index contributed by atoms with van der Waals surface area (Å²) in [7, 11) is 0. The molecule has 0 saturated heterocycles. The highest BCUT2D eigenvalue weighted by atomic mass is 32.2. The molecule has 0 radical (unpaired) electrons. The minimum Gasteiger partial charge on any atom is -0.510 e. The first kappa shape index (κ1) is 7.61. The molecule has 0 aliphatic carbocycles. The van der Waals surface area contributed by atoms with E-state index in [1.807, 2.05) is 0 Å². The molecule has 0 heterocycles. The van der Waals surface area contributed by atoms with Gasteiger partial charge in [0, 0.05) is 0 Å². The van der Waals surface area contributed by atoms with Crippen molar-refractivity contribution < 1.29 is 18.1 Å². The molecule has 8 heavy (non-hydrogen) atoms. The van der Waals surface area contributed by atoms with Crippen molar-refractivity contribution in [1.29, 1.82) is 0 Å². The summed E-state index contributed by atoms with van der Waals surface area (Å²) < 4.78 is 21.5. The van der Waals surface area contributed by atoms with Crippen molar-refractivity contribution in [3.8, 4) is 0 Å². The van der Waals surface area contributed by atoms with Gasteiger partial charge in [0.25, 0.3) is 0 Å². The van der Waals surface area contributed by atoms with Gasteiger partial charge in [0.2, 0.25) is 0 Å². The minimum absolute atomic E-state index is 0.271. The van der Waals surface area contributed by atoms with Gasteiger partial charge in [-0.2, -0.15) is 4.21 Å². The second kappa shape index (κ2) is 3.59. The molecule has 4 nitrogen and oxygen atoms in total. The van der Waals surface area contributed by atoms with Gasteiger partial charge in [-0.1, -0.05) is 6.58 Å². The first-order valence-electron chi connectivity index (χ1n) is 1.74. The Balaban J connectivity index is 3.18. The lowest BCUT2D eigenvalue weighted by Crippen LogP contribution is -1.98. The zero-order valence-electron chi connectivity index (χ0n) is 4.03. The smallest absolute Gasteiger partial charge is 0.302 e. The standard InChI is InChI=1S/C3H6O4S/c1-3(4)2-7-8(5)6/h4H,1-2H2,(H,5,6). The maximum atomic E-state index is 9.64. The summed E-state index contributed by atoms with van der Waals surface area (Å²) in [6, 6.07) is 0. The van der Waals surface area contributed by atoms with Crippen LogP contribution in [0.25, 0.3) is 0 Å². The van der Waals surface area contributed by atoms with Crippen LogP contribution >= 0.6 is 0 Å². The molecule has 0 amide bonds. The van der Waals surface area contributed by atoms with Gasteiger partial charge in [-0.15, -0.1) is 0 Å². The van der Waals surface area contributed by atoms with E-state index in [9.17, 15) is 4.21 Å². The second-order valence-corrected chi connectivity index (χ2v) is 1.72. The molecule has 0 aliphatic rings. The molecule has 1 atom stereocenters. The fraction of sp³-hybridized carbons (Fsp3) is 0.333. The first-order chi connectivity index (χ1) is 3.63. The fourth-order valence-electron chi connectivity index (χ4n) is 0.118. The highest BCUT2D eigenvalue weighted by Gasteiger charge is 1.92. The van der Waals surface area contributed by atoms with E-state index in [1.54, 1.807) is 0 Å². The van der Waals surface area contributed by atoms with Crippen molar-refractivity contribution in [1.82, 2.24) is 0 Å². The van der Waals surface area contributed by atoms with E-state index in [1.165, 1.54) is 0 Å². The van der Waals surface area contributed by atoms with Gasteiger partial charge in [-0.05, 0) is 0 Å². The molecule has 0 saturated carbocycles. The van der Waals surface area contributed by atoms with Crippen LogP contribution in [0.2, 0.25) is 0 Å². The lowest BCUT2D eigenvalue weighted by Gasteiger charge is -1.92. The Morgan fingerprint density at radius 3 is 2.50 bits per heavy atom. The third kappa shape index (κ3) is 5.61. The molecule has 0 aliphatic heterocycles. The Hall–Kier alpha value is -0.390. The largest absolute Gasteiger partial charge is 0.510 e. The number of aliphatic hydroxyl groups is 1. The summed E-state index contributed by atoms with van der Waals surface area (Å²) in [4.78, 5) is 0. The van der Waals surface area contributed by atoms with E-state index in [2.05, 4.69) is 10.8 Å². The van der Waals surface area contributed by atoms with E-state index < -0.39 is 11.4 Å². The van der Waals surface area contributed by atoms with Gasteiger partial charge in [0.1, 0.15) is 12.4 Å². The zero-order valence-corrected chi connectivity index (χ0v) is 4.85. The van der Waals surface area contributed by atoms with Gasteiger partial charge < -0.3 is 5.11 Å². The number of rotatable bonds is 3. The van der Waals surface area contributed by atoms with Crippen molar-refractivity contribution in [2.75, 3.05) is 6.61 Å². The summed E-state index contributed by atoms with van der Waals surface area (Å²) in [5.74, 6) is -0.271. The van der Waals surface area contributed by atoms with Crippen LogP contribution in [-0.4, -0.2) is 20.5 Å². The maximum Gasteiger partial charge on any atom is 0.302 e. The molecular formula is C3H6O4S. The molecule has 2 N–H and O–H groups in total. The van der Waals surface area contributed by atoms with Crippen LogP contribution in [0.1, 0.15) is 0 Å². The lowest BCUT2D eigenvalue weighted by atomic mass is 10.6. The maximum absolute atomic E-state index is 9.64. The summed E-state index contributed by atoms with van der Waals surface area (Å²) in [5, 5.41) is 8.24. The fourth-order valence-corrected chi connectivity index (χ4v) is 0.355. The Bertz CT molecular complexity index is 95.9. The average molecular weight is 138 g/mol. The molecule has 0 aromatic heterocycles. The zero-order chi connectivity index (χ0) is 6.57. The summed E-state index contributed by atoms with van der Waals surface area (Å²) >= 11 is -2.31. The van der Waals surface area contributed by atoms with Crippen LogP contribution in [0.15, 0.2) is 12.3 Å². The number of aliphatic hydroxyl groups excluding tert-OH is 1. The monoisotopic (exact) mass is 138 g/mol. The highest BCUT2D eigenvalue weighted by molar-refractivity contribution is 7.74. The average Bonchev–Trinajstić information content (AvgIpc) is 1.61. The van der Waals surface area contributed by atoms with Crippen molar-refractivity contribution in [3.63, 3.8) is 0 Å². The van der Waals surface area contributed by atoms with Crippen LogP contribution in [0.3, 0.4) is 0 Å². The molecule has 0 aromatic rings. The topological polar surface area (TPSA) is 66.8 Å². The summed E-state index contributed by atoms with van der Waals surface area (Å²) in [6.07, 6.45) is 0. The van der Waals surface area contributed by atoms with Crippen molar-refractivity contribution >= 4 is 11.4 Å². The predicted octanol–water partition coefficient (Wildman–Crippen LogP) is 0.211. The predicted molar refractivity (Wildman–Crippen MR) is 28.5 cm³/mol. The van der Waals surface area contributed by atoms with E-state index in [-0.39, 0.29) is 12.4 Å². The van der Waals surface area contributed by atoms with E-state index in [4.69, 9.17) is 9.66 Å². The van der Waals surface area contributed by atoms with Crippen LogP contribution in [0.5, 0.6) is 0 Å². The van der Waals surface area contributed by atoms with Gasteiger partial charge >= 0.3 is 11.4 Å². The summed E-state index contributed by atoms with van der Waals surface area (Å²) in [5.41, 5.74) is 0. The normalized spacial score (nSPS) is 13.1. The molecule has 48 valence electrons. The molecular weight excluding hydrogens is 132 g/mol. The van der Waals surface area contributed by atoms with E-state index >= 15 is 0 Å². The molecule has 0 bridgehead atoms. The van der Waals surface area contributed by atoms with Crippen LogP contribution in [0.4, 0.5) is 0 Å². The van der Waals surface area contributed by atoms with Gasteiger partial charge in [-0.3, -0.25) is 8.74 Å². The third-order valence-corrected chi connectivity index (χ3v) is 0.646. The number of hydrogen-bond acceptors (Lipinski definition) is 3. The SMILES string of the molecule is C=C(O)COS(=O)O. The van der Waals surface area contributed by atoms with Crippen molar-refractivity contribution in [2.45, 2.75) is 0 Å². The molecule has 1 unspecified atom stereocenters. The Morgan fingerprint density at radius 2 is 2.38 bits per heavy atom. The molecule has 0 aromatic carbocycles. The van der Waals surface area contributed by atoms with E-state index in [0.717, 1.165) is 0 Å². The van der Waals surface area contributed by atoms with Gasteiger partial charge in [-0.25, -0.2) is 0 Å². The molecule has 0 rings (SSSR count). The third-order valence-electron chi connectivity index (χ3n) is 0.326. The van der Waals surface area contributed by atoms with Crippen LogP contribution < -0.4 is 0 Å². The Morgan fingerprint density at radius 1 is 1.88 bits per heavy atom. The molecule has 0 spiro atoms.